The van der Waals surface area contributed by atoms with Crippen molar-refractivity contribution in [3.8, 4) is 11.6 Å². The van der Waals surface area contributed by atoms with Crippen LogP contribution in [0.25, 0.3) is 5.82 Å². The summed E-state index contributed by atoms with van der Waals surface area (Å²) in [6.45, 7) is 4.90. The van der Waals surface area contributed by atoms with Gasteiger partial charge < -0.3 is 19.1 Å². The normalized spacial score (nSPS) is 14.1. The van der Waals surface area contributed by atoms with E-state index in [2.05, 4.69) is 14.9 Å². The highest BCUT2D eigenvalue weighted by Crippen LogP contribution is 2.20. The van der Waals surface area contributed by atoms with Gasteiger partial charge in [0.2, 0.25) is 5.91 Å². The average molecular weight is 391 g/mol. The molecule has 1 aromatic carbocycles. The van der Waals surface area contributed by atoms with Gasteiger partial charge in [-0.1, -0.05) is 12.1 Å². The number of nitrogens with zero attached hydrogens (tertiary/aromatic N) is 5. The Morgan fingerprint density at radius 2 is 1.76 bits per heavy atom. The highest BCUT2D eigenvalue weighted by atomic mass is 16.5. The van der Waals surface area contributed by atoms with E-state index in [4.69, 9.17) is 4.74 Å². The van der Waals surface area contributed by atoms with Crippen molar-refractivity contribution in [3.05, 3.63) is 66.2 Å². The van der Waals surface area contributed by atoms with Gasteiger partial charge in [-0.3, -0.25) is 4.79 Å². The predicted octanol–water partition coefficient (Wildman–Crippen LogP) is 2.48. The van der Waals surface area contributed by atoms with E-state index in [0.29, 0.717) is 19.5 Å². The van der Waals surface area contributed by atoms with Crippen molar-refractivity contribution < 1.29 is 9.53 Å². The number of anilines is 1. The Labute approximate surface area is 170 Å². The molecule has 0 radical (unpaired) electrons. The zero-order valence-corrected chi connectivity index (χ0v) is 16.8. The number of hydrogen-bond donors (Lipinski definition) is 0. The smallest absolute Gasteiger partial charge is 0.227 e. The molecule has 0 saturated carbocycles. The number of aromatic nitrogens is 3. The van der Waals surface area contributed by atoms with Gasteiger partial charge in [-0.2, -0.15) is 0 Å². The SMILES string of the molecule is COc1ccc(CC(=O)N2CCN(c3cc(-n4cccc4)ncn3)CC2)cc1C. The number of amides is 1. The van der Waals surface area contributed by atoms with E-state index < -0.39 is 0 Å². The van der Waals surface area contributed by atoms with E-state index >= 15 is 0 Å². The van der Waals surface area contributed by atoms with Crippen LogP contribution >= 0.6 is 0 Å². The van der Waals surface area contributed by atoms with Gasteiger partial charge in [0.15, 0.2) is 0 Å². The summed E-state index contributed by atoms with van der Waals surface area (Å²) in [5, 5.41) is 0. The van der Waals surface area contributed by atoms with Crippen molar-refractivity contribution in [1.82, 2.24) is 19.4 Å². The third-order valence-electron chi connectivity index (χ3n) is 5.28. The monoisotopic (exact) mass is 391 g/mol. The molecule has 0 bridgehead atoms. The van der Waals surface area contributed by atoms with E-state index in [1.165, 1.54) is 0 Å². The third-order valence-corrected chi connectivity index (χ3v) is 5.28. The maximum absolute atomic E-state index is 12.7. The standard InChI is InChI=1S/C22H25N5O2/c1-17-13-18(5-6-19(17)29-2)14-22(28)27-11-9-26(10-12-27)21-15-20(23-16-24-21)25-7-3-4-8-25/h3-8,13,15-16H,9-12,14H2,1-2H3. The molecule has 3 aromatic rings. The fourth-order valence-electron chi connectivity index (χ4n) is 3.66. The van der Waals surface area contributed by atoms with Gasteiger partial charge in [0, 0.05) is 44.6 Å². The zero-order chi connectivity index (χ0) is 20.2. The molecule has 7 nitrogen and oxygen atoms in total. The highest BCUT2D eigenvalue weighted by molar-refractivity contribution is 5.79. The number of benzene rings is 1. The van der Waals surface area contributed by atoms with Gasteiger partial charge in [-0.15, -0.1) is 0 Å². The lowest BCUT2D eigenvalue weighted by atomic mass is 10.1. The largest absolute Gasteiger partial charge is 0.496 e. The van der Waals surface area contributed by atoms with Crippen LogP contribution in [0.1, 0.15) is 11.1 Å². The van der Waals surface area contributed by atoms with Crippen molar-refractivity contribution in [2.45, 2.75) is 13.3 Å². The van der Waals surface area contributed by atoms with Gasteiger partial charge in [-0.05, 0) is 36.2 Å². The summed E-state index contributed by atoms with van der Waals surface area (Å²) in [6.07, 6.45) is 5.93. The number of carbonyl (C=O) groups excluding carboxylic acids is 1. The lowest BCUT2D eigenvalue weighted by Crippen LogP contribution is -2.49. The molecule has 1 saturated heterocycles. The summed E-state index contributed by atoms with van der Waals surface area (Å²) in [6, 6.07) is 11.8. The van der Waals surface area contributed by atoms with Crippen molar-refractivity contribution in [3.63, 3.8) is 0 Å². The summed E-state index contributed by atoms with van der Waals surface area (Å²) in [5.41, 5.74) is 2.06. The van der Waals surface area contributed by atoms with Crippen LogP contribution in [0.4, 0.5) is 5.82 Å². The Balaban J connectivity index is 1.36. The number of hydrogen-bond acceptors (Lipinski definition) is 5. The topological polar surface area (TPSA) is 63.5 Å². The molecule has 0 aliphatic carbocycles. The van der Waals surface area contributed by atoms with Crippen molar-refractivity contribution >= 4 is 11.7 Å². The maximum atomic E-state index is 12.7. The minimum atomic E-state index is 0.157. The minimum absolute atomic E-state index is 0.157. The molecule has 150 valence electrons. The highest BCUT2D eigenvalue weighted by Gasteiger charge is 2.22. The molecule has 0 N–H and O–H groups in total. The lowest BCUT2D eigenvalue weighted by molar-refractivity contribution is -0.130. The molecule has 1 amide bonds. The molecule has 0 spiro atoms. The summed E-state index contributed by atoms with van der Waals surface area (Å²) >= 11 is 0. The number of aryl methyl sites for hydroxylation is 1. The molecule has 1 fully saturated rings. The molecular weight excluding hydrogens is 366 g/mol. The van der Waals surface area contributed by atoms with E-state index in [1.54, 1.807) is 13.4 Å². The molecule has 4 rings (SSSR count). The van der Waals surface area contributed by atoms with Crippen molar-refractivity contribution in [2.24, 2.45) is 0 Å². The predicted molar refractivity (Wildman–Crippen MR) is 112 cm³/mol. The minimum Gasteiger partial charge on any atom is -0.496 e. The van der Waals surface area contributed by atoms with Crippen molar-refractivity contribution in [2.75, 3.05) is 38.2 Å². The Hall–Kier alpha value is -3.35. The third kappa shape index (κ3) is 4.23. The van der Waals surface area contributed by atoms with E-state index in [-0.39, 0.29) is 5.91 Å². The average Bonchev–Trinajstić information content (AvgIpc) is 3.29. The summed E-state index contributed by atoms with van der Waals surface area (Å²) in [5.74, 6) is 2.74. The van der Waals surface area contributed by atoms with E-state index in [0.717, 1.165) is 41.6 Å². The molecule has 1 aliphatic rings. The van der Waals surface area contributed by atoms with Gasteiger partial charge in [-0.25, -0.2) is 9.97 Å². The first-order chi connectivity index (χ1) is 14.1. The summed E-state index contributed by atoms with van der Waals surface area (Å²) < 4.78 is 7.25. The molecule has 1 aliphatic heterocycles. The molecule has 0 atom stereocenters. The van der Waals surface area contributed by atoms with E-state index in [1.807, 2.05) is 65.2 Å². The first-order valence-corrected chi connectivity index (χ1v) is 9.75. The molecule has 3 heterocycles. The van der Waals surface area contributed by atoms with Crippen molar-refractivity contribution in [1.29, 1.82) is 0 Å². The second kappa shape index (κ2) is 8.34. The number of rotatable bonds is 5. The van der Waals surface area contributed by atoms with Gasteiger partial charge in [0.25, 0.3) is 0 Å². The fourth-order valence-corrected chi connectivity index (χ4v) is 3.66. The van der Waals surface area contributed by atoms with Crippen LogP contribution < -0.4 is 9.64 Å². The second-order valence-corrected chi connectivity index (χ2v) is 7.17. The van der Waals surface area contributed by atoms with Gasteiger partial charge in [0.05, 0.1) is 13.5 Å². The quantitative estimate of drug-likeness (QED) is 0.669. The van der Waals surface area contributed by atoms with Gasteiger partial charge in [0.1, 0.15) is 23.7 Å². The molecule has 0 unspecified atom stereocenters. The second-order valence-electron chi connectivity index (χ2n) is 7.17. The summed E-state index contributed by atoms with van der Waals surface area (Å²) in [7, 11) is 1.66. The van der Waals surface area contributed by atoms with Crippen LogP contribution in [0.5, 0.6) is 5.75 Å². The number of piperazine rings is 1. The Morgan fingerprint density at radius 1 is 1.03 bits per heavy atom. The Morgan fingerprint density at radius 3 is 2.45 bits per heavy atom. The Kier molecular flexibility index (Phi) is 5.46. The molecule has 7 heteroatoms. The van der Waals surface area contributed by atoms with Crippen LogP contribution in [0.3, 0.4) is 0 Å². The van der Waals surface area contributed by atoms with Crippen LogP contribution in [0, 0.1) is 6.92 Å². The van der Waals surface area contributed by atoms with Crippen LogP contribution in [0.15, 0.2) is 55.1 Å². The first-order valence-electron chi connectivity index (χ1n) is 9.75. The number of ether oxygens (including phenoxy) is 1. The number of carbonyl (C=O) groups is 1. The van der Waals surface area contributed by atoms with Crippen LogP contribution in [0.2, 0.25) is 0 Å². The molecule has 29 heavy (non-hydrogen) atoms. The zero-order valence-electron chi connectivity index (χ0n) is 16.8. The van der Waals surface area contributed by atoms with Crippen LogP contribution in [-0.2, 0) is 11.2 Å². The summed E-state index contributed by atoms with van der Waals surface area (Å²) in [4.78, 5) is 25.6. The number of methoxy groups -OCH3 is 1. The Bertz CT molecular complexity index is 979. The van der Waals surface area contributed by atoms with Crippen LogP contribution in [-0.4, -0.2) is 58.6 Å². The molecular formula is C22H25N5O2. The maximum Gasteiger partial charge on any atom is 0.227 e. The molecule has 2 aromatic heterocycles. The lowest BCUT2D eigenvalue weighted by Gasteiger charge is -2.35. The first kappa shape index (κ1) is 19.0. The fraction of sp³-hybridized carbons (Fsp3) is 0.318. The van der Waals surface area contributed by atoms with E-state index in [9.17, 15) is 4.79 Å². The van der Waals surface area contributed by atoms with Gasteiger partial charge >= 0.3 is 0 Å².